The first-order valence-corrected chi connectivity index (χ1v) is 7.79. The molecule has 4 nitrogen and oxygen atoms in total. The van der Waals surface area contributed by atoms with E-state index in [9.17, 15) is 0 Å². The number of aromatic nitrogens is 1. The van der Waals surface area contributed by atoms with Gasteiger partial charge in [-0.3, -0.25) is 0 Å². The van der Waals surface area contributed by atoms with Gasteiger partial charge in [0, 0.05) is 47.6 Å². The highest BCUT2D eigenvalue weighted by atomic mass is 32.1. The van der Waals surface area contributed by atoms with Crippen LogP contribution < -0.4 is 11.1 Å². The van der Waals surface area contributed by atoms with E-state index < -0.39 is 0 Å². The van der Waals surface area contributed by atoms with E-state index in [2.05, 4.69) is 31.1 Å². The summed E-state index contributed by atoms with van der Waals surface area (Å²) in [5, 5.41) is 4.63. The number of rotatable bonds is 4. The van der Waals surface area contributed by atoms with Crippen molar-refractivity contribution in [1.82, 2.24) is 10.3 Å². The second kappa shape index (κ2) is 4.52. The molecule has 0 bridgehead atoms. The van der Waals surface area contributed by atoms with Gasteiger partial charge in [0.15, 0.2) is 0 Å². The van der Waals surface area contributed by atoms with Gasteiger partial charge in [0.2, 0.25) is 0 Å². The summed E-state index contributed by atoms with van der Waals surface area (Å²) in [5.74, 6) is 0.507. The van der Waals surface area contributed by atoms with Crippen LogP contribution in [-0.4, -0.2) is 29.8 Å². The van der Waals surface area contributed by atoms with Crippen molar-refractivity contribution in [3.05, 3.63) is 16.1 Å². The van der Waals surface area contributed by atoms with Crippen molar-refractivity contribution in [1.29, 1.82) is 0 Å². The summed E-state index contributed by atoms with van der Waals surface area (Å²) < 4.78 is 5.81. The van der Waals surface area contributed by atoms with Crippen molar-refractivity contribution in [3.63, 3.8) is 0 Å². The highest BCUT2D eigenvalue weighted by Crippen LogP contribution is 2.57. The molecule has 3 rings (SSSR count). The van der Waals surface area contributed by atoms with E-state index in [1.165, 1.54) is 4.88 Å². The van der Waals surface area contributed by atoms with Crippen LogP contribution in [0.1, 0.15) is 30.2 Å². The molecule has 0 aromatic carbocycles. The van der Waals surface area contributed by atoms with Crippen LogP contribution in [0.2, 0.25) is 0 Å². The standard InChI is InChI=1S/C14H23N3OS/c1-9-6-17-11(19-9)7-16-8-14(15)10-4-5-18-12(10)13(14,2)3/h6,10,12,16H,4-5,7-8,15H2,1-3H3. The molecule has 0 amide bonds. The first-order valence-electron chi connectivity index (χ1n) is 6.97. The van der Waals surface area contributed by atoms with Crippen molar-refractivity contribution in [2.45, 2.75) is 45.4 Å². The lowest BCUT2D eigenvalue weighted by Crippen LogP contribution is -2.77. The number of hydrogen-bond acceptors (Lipinski definition) is 5. The van der Waals surface area contributed by atoms with Crippen molar-refractivity contribution in [3.8, 4) is 0 Å². The normalized spacial score (nSPS) is 36.0. The van der Waals surface area contributed by atoms with Gasteiger partial charge in [-0.1, -0.05) is 13.8 Å². The van der Waals surface area contributed by atoms with Crippen molar-refractivity contribution in [2.75, 3.05) is 13.2 Å². The average Bonchev–Trinajstić information content (AvgIpc) is 2.97. The highest BCUT2D eigenvalue weighted by Gasteiger charge is 2.67. The number of nitrogens with two attached hydrogens (primary N) is 1. The number of fused-ring (bicyclic) bond motifs is 1. The highest BCUT2D eigenvalue weighted by molar-refractivity contribution is 7.11. The quantitative estimate of drug-likeness (QED) is 0.881. The second-order valence-corrected chi connectivity index (χ2v) is 7.74. The number of aryl methyl sites for hydroxylation is 1. The van der Waals surface area contributed by atoms with E-state index in [1.807, 2.05) is 6.20 Å². The lowest BCUT2D eigenvalue weighted by atomic mass is 9.48. The van der Waals surface area contributed by atoms with E-state index >= 15 is 0 Å². The zero-order valence-electron chi connectivity index (χ0n) is 11.9. The third kappa shape index (κ3) is 1.95. The lowest BCUT2D eigenvalue weighted by molar-refractivity contribution is -0.153. The molecule has 2 heterocycles. The van der Waals surface area contributed by atoms with Gasteiger partial charge in [-0.25, -0.2) is 4.98 Å². The summed E-state index contributed by atoms with van der Waals surface area (Å²) in [6.07, 6.45) is 3.37. The van der Waals surface area contributed by atoms with Gasteiger partial charge in [0.05, 0.1) is 6.10 Å². The summed E-state index contributed by atoms with van der Waals surface area (Å²) in [4.78, 5) is 5.63. The van der Waals surface area contributed by atoms with Gasteiger partial charge >= 0.3 is 0 Å². The Morgan fingerprint density at radius 2 is 2.37 bits per heavy atom. The molecule has 1 aromatic heterocycles. The van der Waals surface area contributed by atoms with Crippen LogP contribution in [0, 0.1) is 18.3 Å². The van der Waals surface area contributed by atoms with Gasteiger partial charge in [-0.05, 0) is 13.3 Å². The molecule has 1 aromatic rings. The maximum absolute atomic E-state index is 6.68. The fourth-order valence-corrected chi connectivity index (χ4v) is 4.45. The third-order valence-corrected chi connectivity index (χ3v) is 5.94. The zero-order chi connectivity index (χ0) is 13.7. The van der Waals surface area contributed by atoms with Crippen molar-refractivity contribution >= 4 is 11.3 Å². The summed E-state index contributed by atoms with van der Waals surface area (Å²) in [7, 11) is 0. The predicted octanol–water partition coefficient (Wildman–Crippen LogP) is 1.68. The minimum atomic E-state index is -0.152. The Morgan fingerprint density at radius 1 is 1.58 bits per heavy atom. The van der Waals surface area contributed by atoms with E-state index in [-0.39, 0.29) is 11.0 Å². The first kappa shape index (κ1) is 13.5. The molecule has 5 heteroatoms. The van der Waals surface area contributed by atoms with Crippen molar-refractivity contribution < 1.29 is 4.74 Å². The maximum Gasteiger partial charge on any atom is 0.107 e. The SMILES string of the molecule is Cc1cnc(CNCC2(N)C3CCOC3C2(C)C)s1. The molecule has 1 saturated heterocycles. The fourth-order valence-electron chi connectivity index (χ4n) is 3.69. The van der Waals surface area contributed by atoms with Crippen molar-refractivity contribution in [2.24, 2.45) is 17.1 Å². The number of ether oxygens (including phenoxy) is 1. The fraction of sp³-hybridized carbons (Fsp3) is 0.786. The largest absolute Gasteiger partial charge is 0.377 e. The van der Waals surface area contributed by atoms with Crippen LogP contribution >= 0.6 is 11.3 Å². The van der Waals surface area contributed by atoms with Crippen LogP contribution in [0.4, 0.5) is 0 Å². The Kier molecular flexibility index (Phi) is 3.21. The van der Waals surface area contributed by atoms with Gasteiger partial charge in [0.25, 0.3) is 0 Å². The Hall–Kier alpha value is -0.490. The predicted molar refractivity (Wildman–Crippen MR) is 77.1 cm³/mol. The molecule has 3 unspecified atom stereocenters. The van der Waals surface area contributed by atoms with Gasteiger partial charge in [0.1, 0.15) is 5.01 Å². The molecule has 1 aliphatic carbocycles. The van der Waals surface area contributed by atoms with Gasteiger partial charge < -0.3 is 15.8 Å². The third-order valence-electron chi connectivity index (χ3n) is 5.03. The summed E-state index contributed by atoms with van der Waals surface area (Å²) in [6, 6.07) is 0. The molecule has 0 radical (unpaired) electrons. The van der Waals surface area contributed by atoms with E-state index in [0.717, 1.165) is 31.1 Å². The minimum absolute atomic E-state index is 0.0555. The molecule has 2 fully saturated rings. The Bertz CT molecular complexity index is 473. The van der Waals surface area contributed by atoms with E-state index in [0.29, 0.717) is 12.0 Å². The van der Waals surface area contributed by atoms with Crippen LogP contribution in [0.15, 0.2) is 6.20 Å². The maximum atomic E-state index is 6.68. The summed E-state index contributed by atoms with van der Waals surface area (Å²) in [5.41, 5.74) is 6.58. The molecule has 106 valence electrons. The number of hydrogen-bond donors (Lipinski definition) is 2. The Labute approximate surface area is 118 Å². The van der Waals surface area contributed by atoms with Crippen LogP contribution in [-0.2, 0) is 11.3 Å². The lowest BCUT2D eigenvalue weighted by Gasteiger charge is -2.62. The second-order valence-electron chi connectivity index (χ2n) is 6.42. The molecule has 3 N–H and O–H groups in total. The van der Waals surface area contributed by atoms with Crippen LogP contribution in [0.3, 0.4) is 0 Å². The Morgan fingerprint density at radius 3 is 3.05 bits per heavy atom. The topological polar surface area (TPSA) is 60.2 Å². The molecule has 1 aliphatic heterocycles. The van der Waals surface area contributed by atoms with E-state index in [1.54, 1.807) is 11.3 Å². The molecule has 0 spiro atoms. The molecular formula is C14H23N3OS. The molecule has 2 aliphatic rings. The smallest absolute Gasteiger partial charge is 0.107 e. The van der Waals surface area contributed by atoms with Crippen LogP contribution in [0.25, 0.3) is 0 Å². The minimum Gasteiger partial charge on any atom is -0.377 e. The number of nitrogens with zero attached hydrogens (tertiary/aromatic N) is 1. The van der Waals surface area contributed by atoms with E-state index in [4.69, 9.17) is 10.5 Å². The molecule has 3 atom stereocenters. The Balaban J connectivity index is 1.60. The molecular weight excluding hydrogens is 258 g/mol. The van der Waals surface area contributed by atoms with Gasteiger partial charge in [-0.15, -0.1) is 11.3 Å². The molecule has 1 saturated carbocycles. The molecule has 19 heavy (non-hydrogen) atoms. The average molecular weight is 281 g/mol. The monoisotopic (exact) mass is 281 g/mol. The summed E-state index contributed by atoms with van der Waals surface area (Å²) >= 11 is 1.74. The zero-order valence-corrected chi connectivity index (χ0v) is 12.7. The van der Waals surface area contributed by atoms with Gasteiger partial charge in [-0.2, -0.15) is 0 Å². The summed E-state index contributed by atoms with van der Waals surface area (Å²) in [6.45, 7) is 9.06. The van der Waals surface area contributed by atoms with Crippen LogP contribution in [0.5, 0.6) is 0 Å². The first-order chi connectivity index (χ1) is 8.95. The number of nitrogens with one attached hydrogen (secondary N) is 1. The number of thiazole rings is 1.